The minimum atomic E-state index is 0. The third kappa shape index (κ3) is 8.39. The fourth-order valence-corrected chi connectivity index (χ4v) is 4.62. The number of pyridine rings is 1. The molecule has 1 radical (unpaired) electrons. The number of fused-ring (bicyclic) bond motifs is 4. The van der Waals surface area contributed by atoms with Gasteiger partial charge in [-0.05, 0) is 47.9 Å². The molecule has 36 heavy (non-hydrogen) atoms. The van der Waals surface area contributed by atoms with Crippen LogP contribution in [0.3, 0.4) is 0 Å². The second-order valence-electron chi connectivity index (χ2n) is 10.9. The van der Waals surface area contributed by atoms with Crippen molar-refractivity contribution in [3.8, 4) is 11.3 Å². The van der Waals surface area contributed by atoms with Gasteiger partial charge in [0.2, 0.25) is 0 Å². The zero-order valence-electron chi connectivity index (χ0n) is 22.5. The Morgan fingerprint density at radius 1 is 0.972 bits per heavy atom. The van der Waals surface area contributed by atoms with Crippen LogP contribution in [-0.4, -0.2) is 15.9 Å². The van der Waals surface area contributed by atoms with Crippen LogP contribution in [0.4, 0.5) is 0 Å². The molecule has 0 unspecified atom stereocenters. The fraction of sp³-hybridized carbons (Fsp3) is 0.438. The van der Waals surface area contributed by atoms with E-state index in [1.54, 1.807) is 0 Å². The molecule has 0 atom stereocenters. The van der Waals surface area contributed by atoms with E-state index in [2.05, 4.69) is 56.3 Å². The maximum atomic E-state index is 11.2. The van der Waals surface area contributed by atoms with E-state index in [0.29, 0.717) is 30.6 Å². The smallest absolute Gasteiger partial charge is 0.159 e. The quantitative estimate of drug-likeness (QED) is 0.158. The minimum absolute atomic E-state index is 0. The predicted molar refractivity (Wildman–Crippen MR) is 147 cm³/mol. The molecular weight excluding hydrogens is 623 g/mol. The summed E-state index contributed by atoms with van der Waals surface area (Å²) in [7, 11) is 0. The molecule has 0 amide bonds. The van der Waals surface area contributed by atoms with E-state index in [1.165, 1.54) is 33.7 Å². The summed E-state index contributed by atoms with van der Waals surface area (Å²) in [6, 6.07) is 18.6. The average molecular weight is 663 g/mol. The summed E-state index contributed by atoms with van der Waals surface area (Å²) in [5.41, 5.74) is 7.61. The Morgan fingerprint density at radius 3 is 2.33 bits per heavy atom. The van der Waals surface area contributed by atoms with Gasteiger partial charge in [0.05, 0.1) is 11.3 Å². The van der Waals surface area contributed by atoms with E-state index >= 15 is 0 Å². The maximum absolute atomic E-state index is 11.2. The van der Waals surface area contributed by atoms with Gasteiger partial charge < -0.3 is 5.11 Å². The van der Waals surface area contributed by atoms with Crippen molar-refractivity contribution in [1.82, 2.24) is 4.98 Å². The van der Waals surface area contributed by atoms with Crippen molar-refractivity contribution in [2.24, 2.45) is 17.8 Å². The van der Waals surface area contributed by atoms with Crippen LogP contribution >= 0.6 is 0 Å². The van der Waals surface area contributed by atoms with Gasteiger partial charge in [-0.1, -0.05) is 71.7 Å². The van der Waals surface area contributed by atoms with Crippen LogP contribution < -0.4 is 0 Å². The van der Waals surface area contributed by atoms with Crippen molar-refractivity contribution in [2.75, 3.05) is 0 Å². The van der Waals surface area contributed by atoms with E-state index in [0.717, 1.165) is 30.5 Å². The van der Waals surface area contributed by atoms with Crippen LogP contribution in [-0.2, 0) is 44.2 Å². The maximum Gasteiger partial charge on any atom is 0.159 e. The predicted octanol–water partition coefficient (Wildman–Crippen LogP) is 8.09. The van der Waals surface area contributed by atoms with Gasteiger partial charge in [-0.25, -0.2) is 0 Å². The molecule has 4 rings (SSSR count). The molecule has 2 aromatic carbocycles. The van der Waals surface area contributed by atoms with Crippen LogP contribution in [0.2, 0.25) is 0 Å². The van der Waals surface area contributed by atoms with Crippen molar-refractivity contribution >= 4 is 16.7 Å². The number of rotatable bonds is 7. The molecule has 1 aliphatic carbocycles. The number of hydrogen-bond acceptors (Lipinski definition) is 3. The number of allylic oxidation sites excluding steroid dienone is 2. The normalized spacial score (nSPS) is 12.6. The molecule has 0 bridgehead atoms. The zero-order chi connectivity index (χ0) is 25.5. The Balaban J connectivity index is 0.000000285. The van der Waals surface area contributed by atoms with Gasteiger partial charge in [0.15, 0.2) is 5.78 Å². The summed E-state index contributed by atoms with van der Waals surface area (Å²) in [6.45, 7) is 12.6. The summed E-state index contributed by atoms with van der Waals surface area (Å²) >= 11 is 0. The number of aliphatic hydroxyl groups is 1. The van der Waals surface area contributed by atoms with Gasteiger partial charge in [0.1, 0.15) is 0 Å². The first kappa shape index (κ1) is 29.9. The van der Waals surface area contributed by atoms with Crippen LogP contribution in [0.25, 0.3) is 22.2 Å². The Morgan fingerprint density at radius 2 is 1.67 bits per heavy atom. The number of ketones is 1. The molecule has 3 aromatic rings. The summed E-state index contributed by atoms with van der Waals surface area (Å²) in [5.74, 6) is 1.64. The van der Waals surface area contributed by atoms with Gasteiger partial charge in [-0.3, -0.25) is 9.78 Å². The molecule has 0 aliphatic heterocycles. The Hall–Kier alpha value is -2.29. The number of aryl methyl sites for hydroxylation is 2. The molecule has 1 heterocycles. The number of carbonyl (C=O) groups excluding carboxylic acids is 1. The molecule has 0 saturated heterocycles. The molecule has 3 nitrogen and oxygen atoms in total. The van der Waals surface area contributed by atoms with Crippen molar-refractivity contribution in [1.29, 1.82) is 0 Å². The number of hydrogen-bond donors (Lipinski definition) is 1. The zero-order valence-corrected chi connectivity index (χ0v) is 24.9. The van der Waals surface area contributed by atoms with E-state index in [-0.39, 0.29) is 31.6 Å². The Kier molecular flexibility index (Phi) is 11.5. The standard InChI is InChI=1S/C21H20N.C11H20O2.Ir/c1-14(2)12-16-7-5-9-20-19(16)13-17-11-10-15-6-3-4-8-18(15)21(17)22-20;1-8(2)5-10(12)7-11(13)6-9(3)4;/h3-7,9,13-14H,10-12H2,1-2H3;7-9,12H,5-6H2,1-4H3;/q-1;;/b;10-7-;. The van der Waals surface area contributed by atoms with Gasteiger partial charge in [0.25, 0.3) is 0 Å². The van der Waals surface area contributed by atoms with Gasteiger partial charge in [0, 0.05) is 44.4 Å². The second kappa shape index (κ2) is 13.9. The minimum Gasteiger partial charge on any atom is -0.512 e. The van der Waals surface area contributed by atoms with Gasteiger partial charge in [-0.2, -0.15) is 0 Å². The van der Waals surface area contributed by atoms with Crippen molar-refractivity contribution in [2.45, 2.75) is 73.6 Å². The Labute approximate surface area is 230 Å². The van der Waals surface area contributed by atoms with Crippen molar-refractivity contribution < 1.29 is 30.0 Å². The second-order valence-corrected chi connectivity index (χ2v) is 10.9. The van der Waals surface area contributed by atoms with E-state index in [4.69, 9.17) is 4.98 Å². The topological polar surface area (TPSA) is 50.2 Å². The molecular formula is C32H40IrNO2-. The van der Waals surface area contributed by atoms with Crippen molar-refractivity contribution in [3.63, 3.8) is 0 Å². The van der Waals surface area contributed by atoms with E-state index in [9.17, 15) is 9.90 Å². The first-order valence-corrected chi connectivity index (χ1v) is 13.0. The number of aliphatic hydroxyl groups excluding tert-OH is 1. The van der Waals surface area contributed by atoms with Crippen molar-refractivity contribution in [3.05, 3.63) is 77.1 Å². The number of carbonyl (C=O) groups is 1. The van der Waals surface area contributed by atoms with Crippen LogP contribution in [0.5, 0.6) is 0 Å². The number of aromatic nitrogens is 1. The molecule has 0 saturated carbocycles. The van der Waals surface area contributed by atoms with Gasteiger partial charge >= 0.3 is 0 Å². The largest absolute Gasteiger partial charge is 0.512 e. The average Bonchev–Trinajstić information content (AvgIpc) is 2.77. The summed E-state index contributed by atoms with van der Waals surface area (Å²) in [6.07, 6.45) is 5.75. The van der Waals surface area contributed by atoms with Gasteiger partial charge in [-0.15, -0.1) is 35.4 Å². The fourth-order valence-electron chi connectivity index (χ4n) is 4.62. The van der Waals surface area contributed by atoms with E-state index in [1.807, 2.05) is 33.8 Å². The summed E-state index contributed by atoms with van der Waals surface area (Å²) in [5, 5.41) is 10.7. The van der Waals surface area contributed by atoms with Crippen LogP contribution in [0.1, 0.15) is 71.1 Å². The SMILES string of the molecule is CC(C)CC(=O)/C=C(\O)CC(C)C.CC(C)Cc1cccc2nc3c(cc12)CCc1ccc[c-]c1-3.[Ir]. The molecule has 0 spiro atoms. The third-order valence-corrected chi connectivity index (χ3v) is 6.05. The third-order valence-electron chi connectivity index (χ3n) is 6.05. The van der Waals surface area contributed by atoms with E-state index < -0.39 is 0 Å². The summed E-state index contributed by atoms with van der Waals surface area (Å²) in [4.78, 5) is 16.2. The number of benzene rings is 2. The molecule has 1 N–H and O–H groups in total. The molecule has 1 aromatic heterocycles. The molecule has 1 aliphatic rings. The summed E-state index contributed by atoms with van der Waals surface area (Å²) < 4.78 is 0. The monoisotopic (exact) mass is 663 g/mol. The molecule has 195 valence electrons. The first-order valence-electron chi connectivity index (χ1n) is 13.0. The van der Waals surface area contributed by atoms with Crippen LogP contribution in [0.15, 0.2) is 54.3 Å². The molecule has 4 heteroatoms. The van der Waals surface area contributed by atoms with Crippen LogP contribution in [0, 0.1) is 23.8 Å². The Bertz CT molecular complexity index is 1190. The first-order chi connectivity index (χ1) is 16.6. The molecule has 0 fully saturated rings. The number of nitrogens with zero attached hydrogens (tertiary/aromatic N) is 1.